The van der Waals surface area contributed by atoms with Gasteiger partial charge in [0, 0.05) is 0 Å². The Balaban J connectivity index is 2.13. The minimum Gasteiger partial charge on any atom is -0.494 e. The molecule has 1 aromatic carbocycles. The van der Waals surface area contributed by atoms with E-state index in [0.29, 0.717) is 6.61 Å². The second-order valence-electron chi connectivity index (χ2n) is 3.66. The molecule has 1 heterocycles. The number of benzene rings is 1. The zero-order valence-corrected chi connectivity index (χ0v) is 9.68. The summed E-state index contributed by atoms with van der Waals surface area (Å²) in [7, 11) is 0. The molecule has 100 valence electrons. The Labute approximate surface area is 107 Å². The number of rotatable bonds is 3. The van der Waals surface area contributed by atoms with E-state index in [1.54, 1.807) is 0 Å². The smallest absolute Gasteiger partial charge is 0.335 e. The summed E-state index contributed by atoms with van der Waals surface area (Å²) >= 11 is 0. The van der Waals surface area contributed by atoms with E-state index in [1.165, 1.54) is 12.1 Å². The van der Waals surface area contributed by atoms with Crippen molar-refractivity contribution in [2.24, 2.45) is 0 Å². The highest BCUT2D eigenvalue weighted by Gasteiger charge is 2.17. The highest BCUT2D eigenvalue weighted by molar-refractivity contribution is 6.02. The third kappa shape index (κ3) is 3.01. The number of carbonyl (C=O) groups excluding carboxylic acids is 1. The van der Waals surface area contributed by atoms with Crippen molar-refractivity contribution in [1.82, 2.24) is 0 Å². The predicted molar refractivity (Wildman–Crippen MR) is 62.0 cm³/mol. The lowest BCUT2D eigenvalue weighted by atomic mass is 10.2. The number of aromatic carboxylic acids is 1. The molecule has 0 aromatic heterocycles. The molecule has 0 saturated heterocycles. The summed E-state index contributed by atoms with van der Waals surface area (Å²) < 4.78 is 23.5. The lowest BCUT2D eigenvalue weighted by Gasteiger charge is -2.15. The lowest BCUT2D eigenvalue weighted by Crippen LogP contribution is -2.21. The fraction of sp³-hybridized carbons (Fsp3) is 0.167. The van der Waals surface area contributed by atoms with Gasteiger partial charge in [0.15, 0.2) is 0 Å². The van der Waals surface area contributed by atoms with Crippen LogP contribution in [0.5, 0.6) is 0 Å². The molecule has 6 nitrogen and oxygen atoms in total. The molecule has 0 saturated carbocycles. The second kappa shape index (κ2) is 5.38. The van der Waals surface area contributed by atoms with Gasteiger partial charge in [-0.05, 0) is 18.2 Å². The van der Waals surface area contributed by atoms with Crippen LogP contribution < -0.4 is 5.32 Å². The van der Waals surface area contributed by atoms with E-state index in [9.17, 15) is 14.0 Å². The number of carboxylic acid groups (broad SMARTS) is 1. The van der Waals surface area contributed by atoms with Crippen LogP contribution in [0.4, 0.5) is 10.1 Å². The topological polar surface area (TPSA) is 84.9 Å². The first-order valence-electron chi connectivity index (χ1n) is 5.36. The molecule has 1 amide bonds. The minimum atomic E-state index is -1.25. The first-order chi connectivity index (χ1) is 9.08. The van der Waals surface area contributed by atoms with Crippen molar-refractivity contribution in [3.05, 3.63) is 41.6 Å². The molecule has 2 N–H and O–H groups in total. The molecule has 0 aliphatic carbocycles. The summed E-state index contributed by atoms with van der Waals surface area (Å²) in [6, 6.07) is 3.18. The van der Waals surface area contributed by atoms with Crippen LogP contribution in [0, 0.1) is 5.82 Å². The van der Waals surface area contributed by atoms with Crippen LogP contribution in [0.15, 0.2) is 30.2 Å². The van der Waals surface area contributed by atoms with E-state index in [0.717, 1.165) is 12.3 Å². The van der Waals surface area contributed by atoms with Crippen molar-refractivity contribution in [2.45, 2.75) is 0 Å². The van der Waals surface area contributed by atoms with E-state index < -0.39 is 17.7 Å². The van der Waals surface area contributed by atoms with Crippen LogP contribution in [0.2, 0.25) is 0 Å². The van der Waals surface area contributed by atoms with Crippen LogP contribution in [0.3, 0.4) is 0 Å². The first-order valence-corrected chi connectivity index (χ1v) is 5.36. The van der Waals surface area contributed by atoms with Crippen molar-refractivity contribution in [2.75, 3.05) is 18.5 Å². The third-order valence-electron chi connectivity index (χ3n) is 2.34. The highest BCUT2D eigenvalue weighted by atomic mass is 19.1. The van der Waals surface area contributed by atoms with Crippen LogP contribution in [0.25, 0.3) is 0 Å². The van der Waals surface area contributed by atoms with Gasteiger partial charge in [-0.3, -0.25) is 4.79 Å². The molecule has 19 heavy (non-hydrogen) atoms. The second-order valence-corrected chi connectivity index (χ2v) is 3.66. The van der Waals surface area contributed by atoms with Crippen molar-refractivity contribution >= 4 is 17.6 Å². The first kappa shape index (κ1) is 12.9. The number of amides is 1. The van der Waals surface area contributed by atoms with Crippen molar-refractivity contribution in [3.8, 4) is 0 Å². The molecule has 0 atom stereocenters. The van der Waals surface area contributed by atoms with Crippen molar-refractivity contribution < 1.29 is 28.6 Å². The fourth-order valence-electron chi connectivity index (χ4n) is 1.42. The Morgan fingerprint density at radius 2 is 2.11 bits per heavy atom. The van der Waals surface area contributed by atoms with Crippen molar-refractivity contribution in [3.63, 3.8) is 0 Å². The maximum atomic E-state index is 13.6. The molecule has 0 fully saturated rings. The number of hydrogen-bond donors (Lipinski definition) is 2. The molecule has 1 aromatic rings. The molecule has 0 bridgehead atoms. The Bertz CT molecular complexity index is 555. The fourth-order valence-corrected chi connectivity index (χ4v) is 1.42. The van der Waals surface area contributed by atoms with Gasteiger partial charge in [0.05, 0.1) is 11.3 Å². The quantitative estimate of drug-likeness (QED) is 0.863. The Hall–Kier alpha value is -2.57. The van der Waals surface area contributed by atoms with Gasteiger partial charge in [0.2, 0.25) is 5.76 Å². The summed E-state index contributed by atoms with van der Waals surface area (Å²) in [6.07, 6.45) is 1.14. The summed E-state index contributed by atoms with van der Waals surface area (Å²) in [6.45, 7) is 0.581. The largest absolute Gasteiger partial charge is 0.494 e. The van der Waals surface area contributed by atoms with Gasteiger partial charge >= 0.3 is 5.97 Å². The SMILES string of the molecule is O=C(Nc1ccc(C(=O)O)cc1F)C1=COCCO1. The van der Waals surface area contributed by atoms with E-state index in [2.05, 4.69) is 5.32 Å². The summed E-state index contributed by atoms with van der Waals surface area (Å²) in [5, 5.41) is 11.0. The molecule has 0 unspecified atom stereocenters. The summed E-state index contributed by atoms with van der Waals surface area (Å²) in [4.78, 5) is 22.3. The average molecular weight is 267 g/mol. The molecule has 7 heteroatoms. The van der Waals surface area contributed by atoms with Gasteiger partial charge in [-0.25, -0.2) is 9.18 Å². The number of hydrogen-bond acceptors (Lipinski definition) is 4. The average Bonchev–Trinajstić information content (AvgIpc) is 2.41. The molecular formula is C12H10FNO5. The van der Waals surface area contributed by atoms with Gasteiger partial charge in [-0.1, -0.05) is 0 Å². The van der Waals surface area contributed by atoms with Crippen LogP contribution in [-0.4, -0.2) is 30.2 Å². The Morgan fingerprint density at radius 3 is 2.68 bits per heavy atom. The standard InChI is InChI=1S/C12H10FNO5/c13-8-5-7(12(16)17)1-2-9(8)14-11(15)10-6-18-3-4-19-10/h1-2,5-6H,3-4H2,(H,14,15)(H,16,17). The molecule has 1 aliphatic rings. The number of carbonyl (C=O) groups is 2. The minimum absolute atomic E-state index is 0.0621. The molecule has 0 spiro atoms. The zero-order chi connectivity index (χ0) is 13.8. The van der Waals surface area contributed by atoms with Gasteiger partial charge in [0.1, 0.15) is 25.3 Å². The number of nitrogens with one attached hydrogen (secondary N) is 1. The molecule has 2 rings (SSSR count). The summed E-state index contributed by atoms with van der Waals surface area (Å²) in [5.41, 5.74) is -0.336. The highest BCUT2D eigenvalue weighted by Crippen LogP contribution is 2.17. The van der Waals surface area contributed by atoms with Gasteiger partial charge in [-0.15, -0.1) is 0 Å². The molecule has 0 radical (unpaired) electrons. The number of ether oxygens (including phenoxy) is 2. The maximum Gasteiger partial charge on any atom is 0.335 e. The summed E-state index contributed by atoms with van der Waals surface area (Å²) in [5.74, 6) is -2.82. The van der Waals surface area contributed by atoms with Crippen LogP contribution >= 0.6 is 0 Å². The Kier molecular flexibility index (Phi) is 3.65. The van der Waals surface area contributed by atoms with E-state index in [-0.39, 0.29) is 23.6 Å². The van der Waals surface area contributed by atoms with Gasteiger partial charge < -0.3 is 19.9 Å². The number of carboxylic acids is 1. The maximum absolute atomic E-state index is 13.6. The number of halogens is 1. The van der Waals surface area contributed by atoms with Crippen LogP contribution in [0.1, 0.15) is 10.4 Å². The lowest BCUT2D eigenvalue weighted by molar-refractivity contribution is -0.117. The van der Waals surface area contributed by atoms with Gasteiger partial charge in [0.25, 0.3) is 5.91 Å². The zero-order valence-electron chi connectivity index (χ0n) is 9.68. The van der Waals surface area contributed by atoms with Crippen molar-refractivity contribution in [1.29, 1.82) is 0 Å². The van der Waals surface area contributed by atoms with Crippen LogP contribution in [-0.2, 0) is 14.3 Å². The van der Waals surface area contributed by atoms with E-state index in [4.69, 9.17) is 14.6 Å². The Morgan fingerprint density at radius 1 is 1.32 bits per heavy atom. The third-order valence-corrected chi connectivity index (χ3v) is 2.34. The predicted octanol–water partition coefficient (Wildman–Crippen LogP) is 1.35. The monoisotopic (exact) mass is 267 g/mol. The van der Waals surface area contributed by atoms with E-state index in [1.807, 2.05) is 0 Å². The van der Waals surface area contributed by atoms with E-state index >= 15 is 0 Å². The number of anilines is 1. The normalized spacial score (nSPS) is 13.8. The molecule has 1 aliphatic heterocycles. The van der Waals surface area contributed by atoms with Gasteiger partial charge in [-0.2, -0.15) is 0 Å². The molecular weight excluding hydrogens is 257 g/mol.